The predicted molar refractivity (Wildman–Crippen MR) is 75.3 cm³/mol. The molecular formula is C14H19ClN2O2. The summed E-state index contributed by atoms with van der Waals surface area (Å²) in [6.45, 7) is 2.75. The van der Waals surface area contributed by atoms with Crippen molar-refractivity contribution in [3.8, 4) is 5.75 Å². The highest BCUT2D eigenvalue weighted by Crippen LogP contribution is 2.38. The van der Waals surface area contributed by atoms with Gasteiger partial charge in [-0.3, -0.25) is 4.79 Å². The zero-order valence-electron chi connectivity index (χ0n) is 11.2. The van der Waals surface area contributed by atoms with Crippen molar-refractivity contribution in [2.24, 2.45) is 5.73 Å². The molecule has 1 amide bonds. The van der Waals surface area contributed by atoms with E-state index in [1.807, 2.05) is 24.0 Å². The maximum Gasteiger partial charge on any atom is 0.224 e. The van der Waals surface area contributed by atoms with Crippen LogP contribution in [0, 0.1) is 0 Å². The molecule has 2 N–H and O–H groups in total. The molecule has 2 rings (SSSR count). The molecule has 0 aromatic heterocycles. The Morgan fingerprint density at radius 2 is 2.26 bits per heavy atom. The first kappa shape index (κ1) is 14.2. The van der Waals surface area contributed by atoms with Gasteiger partial charge in [0.25, 0.3) is 0 Å². The van der Waals surface area contributed by atoms with Gasteiger partial charge in [0.15, 0.2) is 0 Å². The molecule has 1 aromatic rings. The minimum atomic E-state index is -0.216. The van der Waals surface area contributed by atoms with Gasteiger partial charge in [0.2, 0.25) is 5.91 Å². The molecule has 1 aliphatic heterocycles. The monoisotopic (exact) mass is 282 g/mol. The molecule has 1 saturated heterocycles. The number of nitrogens with zero attached hydrogens (tertiary/aromatic N) is 1. The van der Waals surface area contributed by atoms with Gasteiger partial charge in [-0.1, -0.05) is 18.5 Å². The van der Waals surface area contributed by atoms with Crippen molar-refractivity contribution in [3.63, 3.8) is 0 Å². The number of methoxy groups -OCH3 is 1. The van der Waals surface area contributed by atoms with Crippen LogP contribution in [0.25, 0.3) is 0 Å². The molecule has 4 nitrogen and oxygen atoms in total. The minimum absolute atomic E-state index is 0.0985. The summed E-state index contributed by atoms with van der Waals surface area (Å²) >= 11 is 6.06. The summed E-state index contributed by atoms with van der Waals surface area (Å²) in [5, 5.41) is 0.624. The Balaban J connectivity index is 2.43. The van der Waals surface area contributed by atoms with E-state index in [2.05, 4.69) is 0 Å². The largest absolute Gasteiger partial charge is 0.496 e. The topological polar surface area (TPSA) is 55.6 Å². The normalized spacial score (nSPS) is 22.9. The summed E-state index contributed by atoms with van der Waals surface area (Å²) in [5.74, 6) is 0.821. The lowest BCUT2D eigenvalue weighted by molar-refractivity contribution is -0.129. The van der Waals surface area contributed by atoms with Crippen LogP contribution in [0.2, 0.25) is 5.02 Å². The maximum absolute atomic E-state index is 12.0. The van der Waals surface area contributed by atoms with Crippen molar-refractivity contribution >= 4 is 17.5 Å². The van der Waals surface area contributed by atoms with Gasteiger partial charge in [0.1, 0.15) is 5.75 Å². The van der Waals surface area contributed by atoms with E-state index < -0.39 is 0 Å². The van der Waals surface area contributed by atoms with Crippen LogP contribution in [0.1, 0.15) is 31.4 Å². The van der Waals surface area contributed by atoms with Gasteiger partial charge in [-0.05, 0) is 24.6 Å². The summed E-state index contributed by atoms with van der Waals surface area (Å²) < 4.78 is 5.37. The third-order valence-corrected chi connectivity index (χ3v) is 3.68. The molecule has 0 radical (unpaired) electrons. The summed E-state index contributed by atoms with van der Waals surface area (Å²) in [4.78, 5) is 13.8. The number of carbonyl (C=O) groups excluding carboxylic acids is 1. The number of rotatable bonds is 4. The number of likely N-dealkylation sites (tertiary alicyclic amines) is 1. The fourth-order valence-corrected chi connectivity index (χ4v) is 2.84. The van der Waals surface area contributed by atoms with E-state index in [9.17, 15) is 4.79 Å². The fourth-order valence-electron chi connectivity index (χ4n) is 2.66. The molecule has 0 saturated carbocycles. The van der Waals surface area contributed by atoms with Gasteiger partial charge in [0, 0.05) is 29.6 Å². The van der Waals surface area contributed by atoms with Crippen molar-refractivity contribution in [2.45, 2.75) is 31.8 Å². The number of ether oxygens (including phenoxy) is 1. The summed E-state index contributed by atoms with van der Waals surface area (Å²) in [6.07, 6.45) is 1.28. The van der Waals surface area contributed by atoms with E-state index in [1.165, 1.54) is 0 Å². The van der Waals surface area contributed by atoms with Gasteiger partial charge in [-0.25, -0.2) is 0 Å². The molecule has 1 heterocycles. The molecule has 1 fully saturated rings. The number of carbonyl (C=O) groups is 1. The Bertz CT molecular complexity index is 479. The zero-order chi connectivity index (χ0) is 14.0. The lowest BCUT2D eigenvalue weighted by Gasteiger charge is -2.28. The molecule has 19 heavy (non-hydrogen) atoms. The number of nitrogens with two attached hydrogens (primary N) is 1. The molecule has 1 aliphatic rings. The van der Waals surface area contributed by atoms with Crippen LogP contribution in [0.4, 0.5) is 0 Å². The van der Waals surface area contributed by atoms with Gasteiger partial charge in [-0.15, -0.1) is 0 Å². The van der Waals surface area contributed by atoms with E-state index in [4.69, 9.17) is 22.1 Å². The first-order chi connectivity index (χ1) is 9.08. The second-order valence-corrected chi connectivity index (χ2v) is 5.22. The van der Waals surface area contributed by atoms with Crippen LogP contribution in [0.5, 0.6) is 5.75 Å². The van der Waals surface area contributed by atoms with Crippen LogP contribution in [0.3, 0.4) is 0 Å². The molecule has 2 atom stereocenters. The third-order valence-electron chi connectivity index (χ3n) is 3.45. The summed E-state index contributed by atoms with van der Waals surface area (Å²) in [5.41, 5.74) is 7.03. The molecule has 104 valence electrons. The molecule has 2 unspecified atom stereocenters. The molecule has 0 spiro atoms. The molecule has 0 bridgehead atoms. The lowest BCUT2D eigenvalue weighted by atomic mass is 9.99. The average Bonchev–Trinajstić information content (AvgIpc) is 2.65. The van der Waals surface area contributed by atoms with Gasteiger partial charge >= 0.3 is 0 Å². The Labute approximate surface area is 118 Å². The first-order valence-corrected chi connectivity index (χ1v) is 6.84. The third kappa shape index (κ3) is 2.69. The maximum atomic E-state index is 12.0. The van der Waals surface area contributed by atoms with E-state index in [0.717, 1.165) is 17.7 Å². The molecule has 1 aromatic carbocycles. The van der Waals surface area contributed by atoms with Crippen LogP contribution in [-0.4, -0.2) is 30.5 Å². The minimum Gasteiger partial charge on any atom is -0.496 e. The first-order valence-electron chi connectivity index (χ1n) is 6.47. The van der Waals surface area contributed by atoms with E-state index in [1.54, 1.807) is 13.2 Å². The summed E-state index contributed by atoms with van der Waals surface area (Å²) in [7, 11) is 1.61. The highest BCUT2D eigenvalue weighted by Gasteiger charge is 2.39. The fraction of sp³-hybridized carbons (Fsp3) is 0.500. The van der Waals surface area contributed by atoms with Gasteiger partial charge in [0.05, 0.1) is 13.2 Å². The number of benzene rings is 1. The lowest BCUT2D eigenvalue weighted by Crippen LogP contribution is -2.33. The van der Waals surface area contributed by atoms with Crippen molar-refractivity contribution in [1.29, 1.82) is 0 Å². The Kier molecular flexibility index (Phi) is 4.32. The van der Waals surface area contributed by atoms with Crippen molar-refractivity contribution < 1.29 is 9.53 Å². The van der Waals surface area contributed by atoms with Crippen molar-refractivity contribution in [3.05, 3.63) is 28.8 Å². The quantitative estimate of drug-likeness (QED) is 0.922. The van der Waals surface area contributed by atoms with Crippen LogP contribution < -0.4 is 10.5 Å². The van der Waals surface area contributed by atoms with Crippen LogP contribution in [-0.2, 0) is 4.79 Å². The number of hydrogen-bond acceptors (Lipinski definition) is 3. The predicted octanol–water partition coefficient (Wildman–Crippen LogP) is 2.36. The van der Waals surface area contributed by atoms with Crippen molar-refractivity contribution in [2.75, 3.05) is 13.7 Å². The van der Waals surface area contributed by atoms with E-state index >= 15 is 0 Å². The Hall–Kier alpha value is -1.26. The molecule has 5 heteroatoms. The SMILES string of the molecule is CCCN1C(=O)CC(N)C1c1cc(Cl)ccc1OC. The zero-order valence-corrected chi connectivity index (χ0v) is 12.0. The van der Waals surface area contributed by atoms with Crippen molar-refractivity contribution in [1.82, 2.24) is 4.90 Å². The second-order valence-electron chi connectivity index (χ2n) is 4.79. The standard InChI is InChI=1S/C14H19ClN2O2/c1-3-6-17-13(18)8-11(16)14(17)10-7-9(15)4-5-12(10)19-2/h4-5,7,11,14H,3,6,8,16H2,1-2H3. The van der Waals surface area contributed by atoms with E-state index in [-0.39, 0.29) is 18.0 Å². The smallest absolute Gasteiger partial charge is 0.224 e. The average molecular weight is 283 g/mol. The Morgan fingerprint density at radius 1 is 1.53 bits per heavy atom. The molecule has 0 aliphatic carbocycles. The Morgan fingerprint density at radius 3 is 2.89 bits per heavy atom. The van der Waals surface area contributed by atoms with Crippen LogP contribution >= 0.6 is 11.6 Å². The van der Waals surface area contributed by atoms with E-state index in [0.29, 0.717) is 18.0 Å². The molecular weight excluding hydrogens is 264 g/mol. The van der Waals surface area contributed by atoms with Gasteiger partial charge in [-0.2, -0.15) is 0 Å². The highest BCUT2D eigenvalue weighted by molar-refractivity contribution is 6.30. The number of hydrogen-bond donors (Lipinski definition) is 1. The van der Waals surface area contributed by atoms with Crippen LogP contribution in [0.15, 0.2) is 18.2 Å². The summed E-state index contributed by atoms with van der Waals surface area (Å²) in [6, 6.07) is 5.06. The number of halogens is 1. The second kappa shape index (κ2) is 5.80. The highest BCUT2D eigenvalue weighted by atomic mass is 35.5. The number of amides is 1. The van der Waals surface area contributed by atoms with Gasteiger partial charge < -0.3 is 15.4 Å².